The molecule has 0 saturated carbocycles. The Morgan fingerprint density at radius 2 is 2.07 bits per heavy atom. The highest BCUT2D eigenvalue weighted by Gasteiger charge is 2.35. The molecule has 0 N–H and O–H groups in total. The van der Waals surface area contributed by atoms with Crippen LogP contribution in [-0.4, -0.2) is 23.3 Å². The zero-order valence-corrected chi connectivity index (χ0v) is 7.99. The molecule has 0 aromatic rings. The standard InChI is InChI=1S/C11H11NO2/c1-2-12-10(13)8-6-4-3-5-7-9(8)11(12)14/h3-6H,2,7H2,1H3. The lowest BCUT2D eigenvalue weighted by Crippen LogP contribution is -2.31. The average molecular weight is 189 g/mol. The van der Waals surface area contributed by atoms with Gasteiger partial charge in [-0.2, -0.15) is 0 Å². The van der Waals surface area contributed by atoms with E-state index in [0.717, 1.165) is 0 Å². The Balaban J connectivity index is 2.44. The zero-order valence-electron chi connectivity index (χ0n) is 7.99. The van der Waals surface area contributed by atoms with Crippen molar-refractivity contribution in [3.8, 4) is 0 Å². The topological polar surface area (TPSA) is 37.4 Å². The van der Waals surface area contributed by atoms with Gasteiger partial charge in [-0.25, -0.2) is 0 Å². The minimum Gasteiger partial charge on any atom is -0.275 e. The number of hydrogen-bond donors (Lipinski definition) is 0. The van der Waals surface area contributed by atoms with E-state index in [4.69, 9.17) is 0 Å². The number of allylic oxidation sites excluding steroid dienone is 3. The molecule has 1 aliphatic heterocycles. The molecule has 0 fully saturated rings. The molecule has 0 radical (unpaired) electrons. The molecule has 0 saturated heterocycles. The Kier molecular flexibility index (Phi) is 2.08. The number of carbonyl (C=O) groups excluding carboxylic acids is 2. The highest BCUT2D eigenvalue weighted by Crippen LogP contribution is 2.25. The summed E-state index contributed by atoms with van der Waals surface area (Å²) in [5, 5.41) is 0. The molecular formula is C11H11NO2. The first-order chi connectivity index (χ1) is 6.75. The van der Waals surface area contributed by atoms with Crippen molar-refractivity contribution in [1.29, 1.82) is 0 Å². The summed E-state index contributed by atoms with van der Waals surface area (Å²) in [6.07, 6.45) is 7.82. The van der Waals surface area contributed by atoms with E-state index in [1.165, 1.54) is 4.90 Å². The van der Waals surface area contributed by atoms with Gasteiger partial charge in [0, 0.05) is 17.7 Å². The molecular weight excluding hydrogens is 178 g/mol. The normalized spacial score (nSPS) is 20.5. The third-order valence-corrected chi connectivity index (χ3v) is 2.45. The predicted octanol–water partition coefficient (Wildman–Crippen LogP) is 1.19. The van der Waals surface area contributed by atoms with Gasteiger partial charge in [0.05, 0.1) is 0 Å². The van der Waals surface area contributed by atoms with Crippen molar-refractivity contribution >= 4 is 11.8 Å². The fraction of sp³-hybridized carbons (Fsp3) is 0.273. The molecule has 0 aromatic carbocycles. The Bertz CT molecular complexity index is 388. The number of carbonyl (C=O) groups is 2. The highest BCUT2D eigenvalue weighted by molar-refractivity contribution is 6.20. The largest absolute Gasteiger partial charge is 0.275 e. The van der Waals surface area contributed by atoms with Crippen molar-refractivity contribution in [3.63, 3.8) is 0 Å². The second kappa shape index (κ2) is 3.25. The summed E-state index contributed by atoms with van der Waals surface area (Å²) in [4.78, 5) is 24.7. The number of imide groups is 1. The van der Waals surface area contributed by atoms with Gasteiger partial charge in [0.2, 0.25) is 0 Å². The quantitative estimate of drug-likeness (QED) is 0.581. The first-order valence-electron chi connectivity index (χ1n) is 4.68. The fourth-order valence-corrected chi connectivity index (χ4v) is 1.72. The van der Waals surface area contributed by atoms with E-state index in [9.17, 15) is 9.59 Å². The van der Waals surface area contributed by atoms with Gasteiger partial charge in [0.15, 0.2) is 0 Å². The number of rotatable bonds is 1. The zero-order chi connectivity index (χ0) is 10.1. The van der Waals surface area contributed by atoms with Gasteiger partial charge in [-0.3, -0.25) is 14.5 Å². The first-order valence-corrected chi connectivity index (χ1v) is 4.68. The van der Waals surface area contributed by atoms with Gasteiger partial charge in [0.1, 0.15) is 0 Å². The van der Waals surface area contributed by atoms with Crippen LogP contribution in [-0.2, 0) is 9.59 Å². The van der Waals surface area contributed by atoms with Crippen LogP contribution >= 0.6 is 0 Å². The lowest BCUT2D eigenvalue weighted by Gasteiger charge is -2.10. The number of likely N-dealkylation sites (N-methyl/N-ethyl adjacent to an activating group) is 1. The van der Waals surface area contributed by atoms with Gasteiger partial charge in [-0.05, 0) is 19.4 Å². The summed E-state index contributed by atoms with van der Waals surface area (Å²) in [7, 11) is 0. The molecule has 0 atom stereocenters. The second-order valence-electron chi connectivity index (χ2n) is 3.24. The number of amides is 2. The third kappa shape index (κ3) is 1.13. The van der Waals surface area contributed by atoms with Gasteiger partial charge in [-0.1, -0.05) is 18.2 Å². The summed E-state index contributed by atoms with van der Waals surface area (Å²) in [5.41, 5.74) is 1.18. The van der Waals surface area contributed by atoms with Crippen molar-refractivity contribution in [2.24, 2.45) is 0 Å². The lowest BCUT2D eigenvalue weighted by atomic mass is 10.1. The van der Waals surface area contributed by atoms with Crippen LogP contribution in [0.1, 0.15) is 13.3 Å². The SMILES string of the molecule is CCN1C(=O)C2=C(CC=CC=C2)C1=O. The van der Waals surface area contributed by atoms with Gasteiger partial charge in [0.25, 0.3) is 11.8 Å². The van der Waals surface area contributed by atoms with Gasteiger partial charge >= 0.3 is 0 Å². The minimum atomic E-state index is -0.160. The summed E-state index contributed by atoms with van der Waals surface area (Å²) in [6.45, 7) is 2.25. The molecule has 0 bridgehead atoms. The maximum Gasteiger partial charge on any atom is 0.261 e. The van der Waals surface area contributed by atoms with E-state index in [2.05, 4.69) is 0 Å². The van der Waals surface area contributed by atoms with E-state index in [0.29, 0.717) is 24.1 Å². The summed E-state index contributed by atoms with van der Waals surface area (Å²) < 4.78 is 0. The maximum absolute atomic E-state index is 11.7. The molecule has 0 spiro atoms. The van der Waals surface area contributed by atoms with Crippen molar-refractivity contribution in [2.75, 3.05) is 6.54 Å². The first kappa shape index (κ1) is 8.94. The summed E-state index contributed by atoms with van der Waals surface area (Å²) >= 11 is 0. The predicted molar refractivity (Wildman–Crippen MR) is 52.3 cm³/mol. The molecule has 2 rings (SSSR count). The van der Waals surface area contributed by atoms with Gasteiger partial charge in [-0.15, -0.1) is 0 Å². The van der Waals surface area contributed by atoms with Crippen LogP contribution in [0.5, 0.6) is 0 Å². The Labute approximate surface area is 82.4 Å². The van der Waals surface area contributed by atoms with Crippen molar-refractivity contribution in [3.05, 3.63) is 35.5 Å². The van der Waals surface area contributed by atoms with E-state index in [1.54, 1.807) is 12.2 Å². The molecule has 0 unspecified atom stereocenters. The minimum absolute atomic E-state index is 0.135. The smallest absolute Gasteiger partial charge is 0.261 e. The van der Waals surface area contributed by atoms with E-state index in [1.807, 2.05) is 19.1 Å². The van der Waals surface area contributed by atoms with Crippen LogP contribution in [0.2, 0.25) is 0 Å². The molecule has 1 heterocycles. The highest BCUT2D eigenvalue weighted by atomic mass is 16.2. The molecule has 2 amide bonds. The molecule has 14 heavy (non-hydrogen) atoms. The molecule has 3 heteroatoms. The van der Waals surface area contributed by atoms with E-state index in [-0.39, 0.29) is 11.8 Å². The lowest BCUT2D eigenvalue weighted by molar-refractivity contribution is -0.137. The summed E-state index contributed by atoms with van der Waals surface area (Å²) in [6, 6.07) is 0. The molecule has 2 aliphatic rings. The molecule has 72 valence electrons. The Morgan fingerprint density at radius 1 is 1.29 bits per heavy atom. The number of nitrogens with zero attached hydrogens (tertiary/aromatic N) is 1. The van der Waals surface area contributed by atoms with E-state index >= 15 is 0 Å². The molecule has 3 nitrogen and oxygen atoms in total. The van der Waals surface area contributed by atoms with Crippen LogP contribution in [0.4, 0.5) is 0 Å². The van der Waals surface area contributed by atoms with Crippen LogP contribution < -0.4 is 0 Å². The van der Waals surface area contributed by atoms with Gasteiger partial charge < -0.3 is 0 Å². The van der Waals surface area contributed by atoms with Crippen LogP contribution in [0, 0.1) is 0 Å². The van der Waals surface area contributed by atoms with E-state index < -0.39 is 0 Å². The van der Waals surface area contributed by atoms with Crippen molar-refractivity contribution in [1.82, 2.24) is 4.90 Å². The van der Waals surface area contributed by atoms with Crippen molar-refractivity contribution < 1.29 is 9.59 Å². The second-order valence-corrected chi connectivity index (χ2v) is 3.24. The van der Waals surface area contributed by atoms with Crippen LogP contribution in [0.3, 0.4) is 0 Å². The monoisotopic (exact) mass is 189 g/mol. The third-order valence-electron chi connectivity index (χ3n) is 2.45. The van der Waals surface area contributed by atoms with Crippen molar-refractivity contribution in [2.45, 2.75) is 13.3 Å². The maximum atomic E-state index is 11.7. The van der Waals surface area contributed by atoms with Crippen LogP contribution in [0.15, 0.2) is 35.5 Å². The molecule has 1 aliphatic carbocycles. The number of hydrogen-bond acceptors (Lipinski definition) is 2. The fourth-order valence-electron chi connectivity index (χ4n) is 1.72. The summed E-state index contributed by atoms with van der Waals surface area (Å²) in [5.74, 6) is -0.295. The molecule has 0 aromatic heterocycles. The average Bonchev–Trinajstić information content (AvgIpc) is 2.39. The Hall–Kier alpha value is -1.64. The Morgan fingerprint density at radius 3 is 2.79 bits per heavy atom. The van der Waals surface area contributed by atoms with Crippen LogP contribution in [0.25, 0.3) is 0 Å².